The molecule has 0 saturated heterocycles. The number of carbonyl (C=O) groups excluding carboxylic acids is 2. The highest BCUT2D eigenvalue weighted by molar-refractivity contribution is 14.1. The van der Waals surface area contributed by atoms with E-state index in [1.54, 1.807) is 36.4 Å². The first-order chi connectivity index (χ1) is 16.1. The first-order valence-electron chi connectivity index (χ1n) is 9.75. The molecule has 2 rings (SSSR count). The third-order valence-corrected chi connectivity index (χ3v) is 6.51. The highest BCUT2D eigenvalue weighted by atomic mass is 127. The van der Waals surface area contributed by atoms with E-state index in [0.29, 0.717) is 9.99 Å². The summed E-state index contributed by atoms with van der Waals surface area (Å²) in [7, 11) is -5.90. The zero-order valence-corrected chi connectivity index (χ0v) is 21.4. The van der Waals surface area contributed by atoms with Crippen LogP contribution in [0, 0.1) is 32.3 Å². The number of hydrogen-bond donors (Lipinski definition) is 0. The van der Waals surface area contributed by atoms with Crippen LogP contribution < -0.4 is 9.47 Å². The van der Waals surface area contributed by atoms with E-state index in [0.717, 1.165) is 6.07 Å². The second kappa shape index (κ2) is 11.1. The molecule has 0 aromatic heterocycles. The average molecular weight is 633 g/mol. The molecule has 35 heavy (non-hydrogen) atoms. The van der Waals surface area contributed by atoms with Crippen molar-refractivity contribution in [1.82, 2.24) is 0 Å². The molecule has 2 aromatic rings. The van der Waals surface area contributed by atoms with Crippen molar-refractivity contribution in [2.24, 2.45) is 5.41 Å². The number of halogens is 5. The Bertz CT molecular complexity index is 1240. The minimum absolute atomic E-state index is 0.0186. The van der Waals surface area contributed by atoms with Crippen LogP contribution in [-0.4, -0.2) is 38.1 Å². The van der Waals surface area contributed by atoms with Crippen molar-refractivity contribution in [2.45, 2.75) is 32.1 Å². The minimum Gasteiger partial charge on any atom is -0.744 e. The maximum Gasteiger partial charge on any atom is 0.343 e. The highest BCUT2D eigenvalue weighted by Gasteiger charge is 2.31. The van der Waals surface area contributed by atoms with Gasteiger partial charge in [0.15, 0.2) is 11.6 Å². The van der Waals surface area contributed by atoms with Gasteiger partial charge in [0.2, 0.25) is 17.4 Å². The number of ether oxygens (including phenoxy) is 3. The van der Waals surface area contributed by atoms with Crippen LogP contribution >= 0.6 is 22.6 Å². The van der Waals surface area contributed by atoms with Crippen LogP contribution in [-0.2, 0) is 19.6 Å². The summed E-state index contributed by atoms with van der Waals surface area (Å²) in [5.74, 6) is -13.2. The Morgan fingerprint density at radius 1 is 1.03 bits per heavy atom. The summed E-state index contributed by atoms with van der Waals surface area (Å²) in [6.45, 7) is 5.24. The molecule has 0 aliphatic rings. The van der Waals surface area contributed by atoms with Crippen LogP contribution in [0.2, 0.25) is 0 Å². The number of carbonyl (C=O) groups is 2. The molecule has 0 heterocycles. The second-order valence-electron chi connectivity index (χ2n) is 7.62. The third kappa shape index (κ3) is 6.61. The number of rotatable bonds is 9. The molecule has 0 atom stereocenters. The molecule has 0 radical (unpaired) electrons. The molecular weight excluding hydrogens is 615 g/mol. The van der Waals surface area contributed by atoms with Crippen LogP contribution in [0.25, 0.3) is 0 Å². The summed E-state index contributed by atoms with van der Waals surface area (Å²) in [5, 5.41) is 0. The summed E-state index contributed by atoms with van der Waals surface area (Å²) in [6.07, 6.45) is 0.580. The molecule has 14 heteroatoms. The van der Waals surface area contributed by atoms with Crippen molar-refractivity contribution in [3.05, 3.63) is 50.6 Å². The lowest BCUT2D eigenvalue weighted by molar-refractivity contribution is -0.154. The Hall–Kier alpha value is -2.46. The van der Waals surface area contributed by atoms with Gasteiger partial charge in [-0.2, -0.15) is 8.78 Å². The first-order valence-corrected chi connectivity index (χ1v) is 12.2. The van der Waals surface area contributed by atoms with Gasteiger partial charge in [0, 0.05) is 0 Å². The van der Waals surface area contributed by atoms with Crippen molar-refractivity contribution in [2.75, 3.05) is 13.2 Å². The molecule has 0 N–H and O–H groups in total. The van der Waals surface area contributed by atoms with E-state index in [-0.39, 0.29) is 24.5 Å². The largest absolute Gasteiger partial charge is 0.744 e. The van der Waals surface area contributed by atoms with Crippen molar-refractivity contribution < 1.29 is 54.3 Å². The van der Waals surface area contributed by atoms with Crippen molar-refractivity contribution in [3.63, 3.8) is 0 Å². The lowest BCUT2D eigenvalue weighted by Crippen LogP contribution is -2.27. The molecule has 0 amide bonds. The molecular formula is C21H18F4IO8S-. The van der Waals surface area contributed by atoms with Gasteiger partial charge in [-0.15, -0.1) is 0 Å². The van der Waals surface area contributed by atoms with Gasteiger partial charge in [0.25, 0.3) is 0 Å². The summed E-state index contributed by atoms with van der Waals surface area (Å²) in [4.78, 5) is 21.8. The van der Waals surface area contributed by atoms with Crippen molar-refractivity contribution >= 4 is 44.6 Å². The fraction of sp³-hybridized carbons (Fsp3) is 0.333. The molecule has 192 valence electrons. The predicted octanol–water partition coefficient (Wildman–Crippen LogP) is 4.33. The molecule has 0 saturated carbocycles. The Morgan fingerprint density at radius 2 is 1.60 bits per heavy atom. The van der Waals surface area contributed by atoms with Gasteiger partial charge in [0.1, 0.15) is 34.0 Å². The van der Waals surface area contributed by atoms with E-state index in [1.165, 1.54) is 12.1 Å². The average Bonchev–Trinajstić information content (AvgIpc) is 2.77. The second-order valence-corrected chi connectivity index (χ2v) is 10.1. The van der Waals surface area contributed by atoms with E-state index in [1.807, 2.05) is 6.92 Å². The first kappa shape index (κ1) is 28.8. The molecule has 0 spiro atoms. The summed E-state index contributed by atoms with van der Waals surface area (Å²) < 4.78 is 104. The Kier molecular flexibility index (Phi) is 9.10. The normalized spacial score (nSPS) is 11.8. The van der Waals surface area contributed by atoms with Gasteiger partial charge < -0.3 is 18.8 Å². The summed E-state index contributed by atoms with van der Waals surface area (Å²) >= 11 is 1.76. The number of benzene rings is 2. The van der Waals surface area contributed by atoms with Gasteiger partial charge in [-0.1, -0.05) is 6.92 Å². The fourth-order valence-corrected chi connectivity index (χ4v) is 3.71. The lowest BCUT2D eigenvalue weighted by atomic mass is 9.91. The molecule has 0 fully saturated rings. The Labute approximate surface area is 211 Å². The van der Waals surface area contributed by atoms with Crippen LogP contribution in [0.5, 0.6) is 11.5 Å². The summed E-state index contributed by atoms with van der Waals surface area (Å²) in [5.41, 5.74) is -0.955. The third-order valence-electron chi connectivity index (χ3n) is 4.81. The number of esters is 2. The van der Waals surface area contributed by atoms with E-state index in [9.17, 15) is 40.1 Å². The van der Waals surface area contributed by atoms with Gasteiger partial charge in [-0.25, -0.2) is 22.0 Å². The van der Waals surface area contributed by atoms with Gasteiger partial charge >= 0.3 is 11.9 Å². The van der Waals surface area contributed by atoms with Gasteiger partial charge in [-0.05, 0) is 61.1 Å². The van der Waals surface area contributed by atoms with Crippen molar-refractivity contribution in [1.29, 1.82) is 0 Å². The molecule has 2 aromatic carbocycles. The van der Waals surface area contributed by atoms with Crippen LogP contribution in [0.3, 0.4) is 0 Å². The smallest absolute Gasteiger partial charge is 0.343 e. The predicted molar refractivity (Wildman–Crippen MR) is 119 cm³/mol. The quantitative estimate of drug-likeness (QED) is 0.0762. The summed E-state index contributed by atoms with van der Waals surface area (Å²) in [6, 6.07) is 3.58. The molecule has 0 unspecified atom stereocenters. The van der Waals surface area contributed by atoms with Gasteiger partial charge in [-0.3, -0.25) is 4.79 Å². The standard InChI is InChI=1S/C21H19F4IO8S/c1-4-21(2,3)20(28)33-8-7-32-12-6-5-10(9-11(12)26)19(27)34-17-13(22)15(24)18(35(29,30)31)16(25)14(17)23/h5-6,9H,4,7-8H2,1-3H3,(H,29,30,31)/p-1. The molecule has 8 nitrogen and oxygen atoms in total. The SMILES string of the molecule is CCC(C)(C)C(=O)OCCOc1ccc(C(=O)Oc2c(F)c(F)c(S(=O)(=O)[O-])c(F)c2F)cc1I. The maximum atomic E-state index is 14.1. The van der Waals surface area contributed by atoms with Crippen LogP contribution in [0.1, 0.15) is 37.6 Å². The molecule has 0 bridgehead atoms. The topological polar surface area (TPSA) is 119 Å². The van der Waals surface area contributed by atoms with Crippen LogP contribution in [0.4, 0.5) is 17.6 Å². The van der Waals surface area contributed by atoms with E-state index < -0.39 is 61.4 Å². The minimum atomic E-state index is -5.90. The molecule has 0 aliphatic heterocycles. The Balaban J connectivity index is 2.14. The van der Waals surface area contributed by atoms with Crippen molar-refractivity contribution in [3.8, 4) is 11.5 Å². The number of hydrogen-bond acceptors (Lipinski definition) is 8. The zero-order chi connectivity index (χ0) is 26.7. The monoisotopic (exact) mass is 633 g/mol. The van der Waals surface area contributed by atoms with E-state index >= 15 is 0 Å². The van der Waals surface area contributed by atoms with E-state index in [2.05, 4.69) is 4.74 Å². The maximum absolute atomic E-state index is 14.1. The van der Waals surface area contributed by atoms with Crippen LogP contribution in [0.15, 0.2) is 23.1 Å². The zero-order valence-electron chi connectivity index (χ0n) is 18.4. The highest BCUT2D eigenvalue weighted by Crippen LogP contribution is 2.33. The lowest BCUT2D eigenvalue weighted by Gasteiger charge is -2.20. The molecule has 0 aliphatic carbocycles. The fourth-order valence-electron chi connectivity index (χ4n) is 2.42. The van der Waals surface area contributed by atoms with Gasteiger partial charge in [0.05, 0.1) is 14.5 Å². The van der Waals surface area contributed by atoms with E-state index in [4.69, 9.17) is 9.47 Å². The Morgan fingerprint density at radius 3 is 2.09 bits per heavy atom.